The van der Waals surface area contributed by atoms with Gasteiger partial charge >= 0.3 is 11.9 Å². The molecule has 0 atom stereocenters. The molecule has 1 amide bonds. The summed E-state index contributed by atoms with van der Waals surface area (Å²) in [4.78, 5) is 40.0. The van der Waals surface area contributed by atoms with Crippen LogP contribution >= 0.6 is 0 Å². The number of benzene rings is 1. The van der Waals surface area contributed by atoms with Crippen LogP contribution in [0.25, 0.3) is 10.9 Å². The van der Waals surface area contributed by atoms with E-state index < -0.39 is 23.4 Å². The SMILES string of the molecule is CCOC(=O)C(Cc1cc2ccccc2[nH]1)(NC(C)=O)C(=O)OCC. The fourth-order valence-electron chi connectivity index (χ4n) is 2.70. The normalized spacial score (nSPS) is 11.2. The second kappa shape index (κ2) is 7.83. The highest BCUT2D eigenvalue weighted by Crippen LogP contribution is 2.22. The first-order chi connectivity index (χ1) is 11.9. The Balaban J connectivity index is 2.48. The van der Waals surface area contributed by atoms with E-state index in [9.17, 15) is 14.4 Å². The van der Waals surface area contributed by atoms with E-state index in [0.717, 1.165) is 10.9 Å². The van der Waals surface area contributed by atoms with Gasteiger partial charge in [-0.05, 0) is 31.4 Å². The number of esters is 2. The number of rotatable bonds is 7. The maximum Gasteiger partial charge on any atom is 0.344 e. The largest absolute Gasteiger partial charge is 0.464 e. The molecule has 0 saturated carbocycles. The van der Waals surface area contributed by atoms with Crippen LogP contribution in [0.4, 0.5) is 0 Å². The highest BCUT2D eigenvalue weighted by molar-refractivity contribution is 6.08. The molecule has 7 heteroatoms. The summed E-state index contributed by atoms with van der Waals surface area (Å²) in [5, 5.41) is 3.38. The first kappa shape index (κ1) is 18.5. The van der Waals surface area contributed by atoms with Gasteiger partial charge in [-0.3, -0.25) is 4.79 Å². The Bertz CT molecular complexity index is 730. The van der Waals surface area contributed by atoms with Crippen LogP contribution in [0, 0.1) is 0 Å². The number of carbonyl (C=O) groups is 3. The molecule has 0 aliphatic rings. The lowest BCUT2D eigenvalue weighted by molar-refractivity contribution is -0.168. The van der Waals surface area contributed by atoms with Crippen LogP contribution in [0.3, 0.4) is 0 Å². The monoisotopic (exact) mass is 346 g/mol. The molecule has 0 aliphatic heterocycles. The van der Waals surface area contributed by atoms with Crippen molar-refractivity contribution in [2.45, 2.75) is 32.7 Å². The molecule has 25 heavy (non-hydrogen) atoms. The van der Waals surface area contributed by atoms with Gasteiger partial charge in [0.25, 0.3) is 0 Å². The summed E-state index contributed by atoms with van der Waals surface area (Å²) >= 11 is 0. The van der Waals surface area contributed by atoms with Crippen molar-refractivity contribution in [3.05, 3.63) is 36.0 Å². The standard InChI is InChI=1S/C18H22N2O5/c1-4-24-16(22)18(20-12(3)21,17(23)25-5-2)11-14-10-13-8-6-7-9-15(13)19-14/h6-10,19H,4-5,11H2,1-3H3,(H,20,21). The average molecular weight is 346 g/mol. The molecule has 2 rings (SSSR count). The molecule has 1 aromatic carbocycles. The van der Waals surface area contributed by atoms with E-state index in [1.54, 1.807) is 13.8 Å². The average Bonchev–Trinajstić information content (AvgIpc) is 2.96. The first-order valence-corrected chi connectivity index (χ1v) is 8.12. The van der Waals surface area contributed by atoms with Crippen LogP contribution in [0.1, 0.15) is 26.5 Å². The molecular formula is C18H22N2O5. The van der Waals surface area contributed by atoms with Crippen LogP contribution in [0.2, 0.25) is 0 Å². The highest BCUT2D eigenvalue weighted by atomic mass is 16.6. The van der Waals surface area contributed by atoms with Gasteiger partial charge in [0, 0.05) is 24.6 Å². The van der Waals surface area contributed by atoms with E-state index in [1.165, 1.54) is 6.92 Å². The molecule has 1 heterocycles. The molecule has 134 valence electrons. The third-order valence-electron chi connectivity index (χ3n) is 3.68. The van der Waals surface area contributed by atoms with E-state index in [4.69, 9.17) is 9.47 Å². The van der Waals surface area contributed by atoms with Gasteiger partial charge in [-0.1, -0.05) is 18.2 Å². The number of fused-ring (bicyclic) bond motifs is 1. The number of aromatic amines is 1. The summed E-state index contributed by atoms with van der Waals surface area (Å²) in [6, 6.07) is 9.38. The third kappa shape index (κ3) is 3.99. The molecule has 2 N–H and O–H groups in total. The van der Waals surface area contributed by atoms with E-state index in [1.807, 2.05) is 30.3 Å². The Labute approximate surface area is 145 Å². The van der Waals surface area contributed by atoms with Gasteiger partial charge in [-0.25, -0.2) is 9.59 Å². The second-order valence-electron chi connectivity index (χ2n) is 5.59. The van der Waals surface area contributed by atoms with Crippen molar-refractivity contribution in [1.82, 2.24) is 10.3 Å². The van der Waals surface area contributed by atoms with Gasteiger partial charge in [0.05, 0.1) is 13.2 Å². The van der Waals surface area contributed by atoms with Gasteiger partial charge in [0.15, 0.2) is 0 Å². The fraction of sp³-hybridized carbons (Fsp3) is 0.389. The number of amides is 1. The minimum atomic E-state index is -1.93. The van der Waals surface area contributed by atoms with Gasteiger partial charge < -0.3 is 19.8 Å². The molecule has 2 aromatic rings. The number of hydrogen-bond donors (Lipinski definition) is 2. The summed E-state index contributed by atoms with van der Waals surface area (Å²) in [6.07, 6.45) is -0.0983. The number of nitrogens with one attached hydrogen (secondary N) is 2. The number of carbonyl (C=O) groups excluding carboxylic acids is 3. The zero-order chi connectivity index (χ0) is 18.4. The van der Waals surface area contributed by atoms with Crippen molar-refractivity contribution in [2.75, 3.05) is 13.2 Å². The highest BCUT2D eigenvalue weighted by Gasteiger charge is 2.50. The van der Waals surface area contributed by atoms with Crippen molar-refractivity contribution in [3.63, 3.8) is 0 Å². The minimum Gasteiger partial charge on any atom is -0.464 e. The number of hydrogen-bond acceptors (Lipinski definition) is 5. The van der Waals surface area contributed by atoms with Gasteiger partial charge in [0.1, 0.15) is 0 Å². The van der Waals surface area contributed by atoms with Crippen molar-refractivity contribution < 1.29 is 23.9 Å². The molecular weight excluding hydrogens is 324 g/mol. The molecule has 0 spiro atoms. The predicted molar refractivity (Wildman–Crippen MR) is 91.8 cm³/mol. The number of para-hydroxylation sites is 1. The molecule has 0 unspecified atom stereocenters. The van der Waals surface area contributed by atoms with E-state index in [-0.39, 0.29) is 19.6 Å². The van der Waals surface area contributed by atoms with Crippen LogP contribution in [0.5, 0.6) is 0 Å². The summed E-state index contributed by atoms with van der Waals surface area (Å²) in [5.74, 6) is -2.22. The lowest BCUT2D eigenvalue weighted by Crippen LogP contribution is -2.62. The minimum absolute atomic E-state index is 0.0757. The summed E-state index contributed by atoms with van der Waals surface area (Å²) < 4.78 is 10.1. The Morgan fingerprint density at radius 2 is 1.68 bits per heavy atom. The Kier molecular flexibility index (Phi) is 5.80. The maximum atomic E-state index is 12.6. The van der Waals surface area contributed by atoms with Crippen LogP contribution in [0.15, 0.2) is 30.3 Å². The molecule has 1 aromatic heterocycles. The topological polar surface area (TPSA) is 97.5 Å². The van der Waals surface area contributed by atoms with E-state index >= 15 is 0 Å². The van der Waals surface area contributed by atoms with Crippen molar-refractivity contribution >= 4 is 28.7 Å². The fourth-order valence-corrected chi connectivity index (χ4v) is 2.70. The van der Waals surface area contributed by atoms with Crippen molar-refractivity contribution in [1.29, 1.82) is 0 Å². The van der Waals surface area contributed by atoms with Crippen LogP contribution < -0.4 is 5.32 Å². The van der Waals surface area contributed by atoms with Crippen molar-refractivity contribution in [2.24, 2.45) is 0 Å². The summed E-state index contributed by atoms with van der Waals surface area (Å²) in [6.45, 7) is 4.64. The van der Waals surface area contributed by atoms with Gasteiger partial charge in [0.2, 0.25) is 11.4 Å². The molecule has 0 radical (unpaired) electrons. The number of H-pyrrole nitrogens is 1. The number of aromatic nitrogens is 1. The lowest BCUT2D eigenvalue weighted by Gasteiger charge is -2.29. The smallest absolute Gasteiger partial charge is 0.344 e. The Morgan fingerprint density at radius 3 is 2.20 bits per heavy atom. The van der Waals surface area contributed by atoms with Gasteiger partial charge in [-0.15, -0.1) is 0 Å². The molecule has 7 nitrogen and oxygen atoms in total. The Morgan fingerprint density at radius 1 is 1.08 bits per heavy atom. The lowest BCUT2D eigenvalue weighted by atomic mass is 9.93. The molecule has 0 bridgehead atoms. The maximum absolute atomic E-state index is 12.6. The zero-order valence-corrected chi connectivity index (χ0v) is 14.5. The van der Waals surface area contributed by atoms with Crippen LogP contribution in [-0.2, 0) is 30.3 Å². The number of ether oxygens (including phenoxy) is 2. The van der Waals surface area contributed by atoms with Gasteiger partial charge in [-0.2, -0.15) is 0 Å². The summed E-state index contributed by atoms with van der Waals surface area (Å²) in [5.41, 5.74) is -0.461. The molecule has 0 saturated heterocycles. The third-order valence-corrected chi connectivity index (χ3v) is 3.68. The van der Waals surface area contributed by atoms with Crippen molar-refractivity contribution in [3.8, 4) is 0 Å². The zero-order valence-electron chi connectivity index (χ0n) is 14.5. The predicted octanol–water partition coefficient (Wildman–Crippen LogP) is 1.71. The van der Waals surface area contributed by atoms with E-state index in [0.29, 0.717) is 5.69 Å². The quantitative estimate of drug-likeness (QED) is 0.587. The molecule has 0 aliphatic carbocycles. The van der Waals surface area contributed by atoms with Crippen LogP contribution in [-0.4, -0.2) is 41.6 Å². The Hall–Kier alpha value is -2.83. The second-order valence-corrected chi connectivity index (χ2v) is 5.59. The molecule has 0 fully saturated rings. The first-order valence-electron chi connectivity index (χ1n) is 8.12. The van der Waals surface area contributed by atoms with E-state index in [2.05, 4.69) is 10.3 Å². The summed E-state index contributed by atoms with van der Waals surface area (Å²) in [7, 11) is 0.